The van der Waals surface area contributed by atoms with Crippen LogP contribution in [0.3, 0.4) is 0 Å². The van der Waals surface area contributed by atoms with Gasteiger partial charge in [-0.15, -0.1) is 12.3 Å². The van der Waals surface area contributed by atoms with Crippen LogP contribution in [0.15, 0.2) is 54.6 Å². The summed E-state index contributed by atoms with van der Waals surface area (Å²) in [6.45, 7) is 2.01. The van der Waals surface area contributed by atoms with Crippen LogP contribution in [0.25, 0.3) is 0 Å². The van der Waals surface area contributed by atoms with Gasteiger partial charge in [-0.2, -0.15) is 0 Å². The molecule has 0 saturated carbocycles. The lowest BCUT2D eigenvalue weighted by atomic mass is 9.94. The van der Waals surface area contributed by atoms with Gasteiger partial charge in [-0.1, -0.05) is 48.0 Å². The normalized spacial score (nSPS) is 11.4. The van der Waals surface area contributed by atoms with Gasteiger partial charge in [-0.3, -0.25) is 4.79 Å². The first-order valence-electron chi connectivity index (χ1n) is 6.56. The molecular weight excluding hydrogens is 246 g/mol. The third-order valence-corrected chi connectivity index (χ3v) is 3.12. The summed E-state index contributed by atoms with van der Waals surface area (Å²) in [5.74, 6) is 2.20. The van der Waals surface area contributed by atoms with Gasteiger partial charge in [0.2, 0.25) is 5.91 Å². The average Bonchev–Trinajstić information content (AvgIpc) is 2.45. The molecule has 2 heteroatoms. The van der Waals surface area contributed by atoms with Crippen molar-refractivity contribution in [3.63, 3.8) is 0 Å². The van der Waals surface area contributed by atoms with Crippen molar-refractivity contribution in [1.82, 2.24) is 0 Å². The topological polar surface area (TPSA) is 29.1 Å². The Morgan fingerprint density at radius 2 is 1.95 bits per heavy atom. The molecule has 2 aromatic carbocycles. The number of aryl methyl sites for hydroxylation is 1. The minimum Gasteiger partial charge on any atom is -0.326 e. The van der Waals surface area contributed by atoms with Crippen molar-refractivity contribution in [2.45, 2.75) is 19.3 Å². The standard InChI is InChI=1S/C18H17NO/c1-3-8-17(15-10-7-9-14(2)13-15)18(20)19-16-11-5-4-6-12-16/h1,4-7,9-13,17H,8H2,2H3,(H,19,20). The van der Waals surface area contributed by atoms with Crippen molar-refractivity contribution in [1.29, 1.82) is 0 Å². The van der Waals surface area contributed by atoms with Crippen molar-refractivity contribution in [2.24, 2.45) is 0 Å². The Hall–Kier alpha value is -2.53. The summed E-state index contributed by atoms with van der Waals surface area (Å²) in [5.41, 5.74) is 2.86. The predicted molar refractivity (Wildman–Crippen MR) is 82.4 cm³/mol. The number of nitrogens with one attached hydrogen (secondary N) is 1. The Kier molecular flexibility index (Phi) is 4.57. The maximum Gasteiger partial charge on any atom is 0.232 e. The summed E-state index contributed by atoms with van der Waals surface area (Å²) in [7, 11) is 0. The van der Waals surface area contributed by atoms with E-state index in [0.29, 0.717) is 6.42 Å². The molecule has 20 heavy (non-hydrogen) atoms. The first-order chi connectivity index (χ1) is 9.70. The fourth-order valence-electron chi connectivity index (χ4n) is 2.12. The number of carbonyl (C=O) groups is 1. The van der Waals surface area contributed by atoms with Crippen molar-refractivity contribution in [3.8, 4) is 12.3 Å². The Bertz CT molecular complexity index is 625. The van der Waals surface area contributed by atoms with Crippen LogP contribution in [0.5, 0.6) is 0 Å². The fourth-order valence-corrected chi connectivity index (χ4v) is 2.12. The van der Waals surface area contributed by atoms with Crippen LogP contribution in [0, 0.1) is 19.3 Å². The summed E-state index contributed by atoms with van der Waals surface area (Å²) in [6, 6.07) is 17.3. The van der Waals surface area contributed by atoms with Crippen LogP contribution >= 0.6 is 0 Å². The van der Waals surface area contributed by atoms with E-state index >= 15 is 0 Å². The van der Waals surface area contributed by atoms with E-state index in [4.69, 9.17) is 6.42 Å². The lowest BCUT2D eigenvalue weighted by molar-refractivity contribution is -0.117. The van der Waals surface area contributed by atoms with Gasteiger partial charge >= 0.3 is 0 Å². The molecular formula is C18H17NO. The number of amides is 1. The van der Waals surface area contributed by atoms with Crippen molar-refractivity contribution < 1.29 is 4.79 Å². The maximum absolute atomic E-state index is 12.4. The van der Waals surface area contributed by atoms with Crippen LogP contribution < -0.4 is 5.32 Å². The van der Waals surface area contributed by atoms with Gasteiger partial charge in [0.1, 0.15) is 0 Å². The molecule has 1 N–H and O–H groups in total. The molecule has 0 heterocycles. The highest BCUT2D eigenvalue weighted by atomic mass is 16.1. The second-order valence-corrected chi connectivity index (χ2v) is 4.73. The number of benzene rings is 2. The molecule has 0 aliphatic heterocycles. The molecule has 1 unspecified atom stereocenters. The van der Waals surface area contributed by atoms with E-state index in [1.807, 2.05) is 61.5 Å². The summed E-state index contributed by atoms with van der Waals surface area (Å²) in [5, 5.41) is 2.91. The fraction of sp³-hybridized carbons (Fsp3) is 0.167. The molecule has 0 radical (unpaired) electrons. The molecule has 0 bridgehead atoms. The monoisotopic (exact) mass is 263 g/mol. The lowest BCUT2D eigenvalue weighted by Crippen LogP contribution is -2.21. The molecule has 0 aromatic heterocycles. The largest absolute Gasteiger partial charge is 0.326 e. The Morgan fingerprint density at radius 1 is 1.20 bits per heavy atom. The molecule has 0 fully saturated rings. The first-order valence-corrected chi connectivity index (χ1v) is 6.56. The van der Waals surface area contributed by atoms with E-state index in [1.54, 1.807) is 0 Å². The molecule has 0 aliphatic carbocycles. The third-order valence-electron chi connectivity index (χ3n) is 3.12. The molecule has 1 atom stereocenters. The van der Waals surface area contributed by atoms with E-state index < -0.39 is 0 Å². The zero-order valence-corrected chi connectivity index (χ0v) is 11.5. The maximum atomic E-state index is 12.4. The zero-order valence-electron chi connectivity index (χ0n) is 11.5. The third kappa shape index (κ3) is 3.49. The van der Waals surface area contributed by atoms with E-state index in [1.165, 1.54) is 0 Å². The van der Waals surface area contributed by atoms with Gasteiger partial charge in [0.25, 0.3) is 0 Å². The van der Waals surface area contributed by atoms with Crippen molar-refractivity contribution >= 4 is 11.6 Å². The smallest absolute Gasteiger partial charge is 0.232 e. The van der Waals surface area contributed by atoms with Gasteiger partial charge in [-0.25, -0.2) is 0 Å². The second-order valence-electron chi connectivity index (χ2n) is 4.73. The van der Waals surface area contributed by atoms with Crippen molar-refractivity contribution in [2.75, 3.05) is 5.32 Å². The van der Waals surface area contributed by atoms with Crippen LogP contribution in [0.4, 0.5) is 5.69 Å². The zero-order chi connectivity index (χ0) is 14.4. The number of rotatable bonds is 4. The van der Waals surface area contributed by atoms with Crippen LogP contribution in [-0.2, 0) is 4.79 Å². The molecule has 2 aromatic rings. The Morgan fingerprint density at radius 3 is 2.60 bits per heavy atom. The summed E-state index contributed by atoms with van der Waals surface area (Å²) < 4.78 is 0. The van der Waals surface area contributed by atoms with Gasteiger partial charge in [0.15, 0.2) is 0 Å². The van der Waals surface area contributed by atoms with Gasteiger partial charge in [-0.05, 0) is 24.6 Å². The highest BCUT2D eigenvalue weighted by Gasteiger charge is 2.19. The second kappa shape index (κ2) is 6.58. The number of hydrogen-bond acceptors (Lipinski definition) is 1. The summed E-state index contributed by atoms with van der Waals surface area (Å²) >= 11 is 0. The quantitative estimate of drug-likeness (QED) is 0.836. The van der Waals surface area contributed by atoms with Crippen LogP contribution in [-0.4, -0.2) is 5.91 Å². The van der Waals surface area contributed by atoms with Crippen molar-refractivity contribution in [3.05, 3.63) is 65.7 Å². The van der Waals surface area contributed by atoms with Gasteiger partial charge < -0.3 is 5.32 Å². The number of anilines is 1. The highest BCUT2D eigenvalue weighted by Crippen LogP contribution is 2.22. The predicted octanol–water partition coefficient (Wildman–Crippen LogP) is 3.74. The molecule has 1 amide bonds. The Labute approximate surface area is 119 Å². The minimum absolute atomic E-state index is 0.0697. The molecule has 0 spiro atoms. The number of carbonyl (C=O) groups excluding carboxylic acids is 1. The van der Waals surface area contributed by atoms with E-state index in [0.717, 1.165) is 16.8 Å². The molecule has 0 aliphatic rings. The molecule has 2 nitrogen and oxygen atoms in total. The van der Waals surface area contributed by atoms with Crippen LogP contribution in [0.1, 0.15) is 23.5 Å². The molecule has 2 rings (SSSR count). The summed E-state index contributed by atoms with van der Waals surface area (Å²) in [6.07, 6.45) is 5.80. The van der Waals surface area contributed by atoms with E-state index in [2.05, 4.69) is 11.2 Å². The number of terminal acetylenes is 1. The minimum atomic E-state index is -0.319. The first kappa shape index (κ1) is 13.9. The molecule has 100 valence electrons. The average molecular weight is 263 g/mol. The number of hydrogen-bond donors (Lipinski definition) is 1. The number of para-hydroxylation sites is 1. The lowest BCUT2D eigenvalue weighted by Gasteiger charge is -2.15. The van der Waals surface area contributed by atoms with E-state index in [9.17, 15) is 4.79 Å². The Balaban J connectivity index is 2.21. The van der Waals surface area contributed by atoms with E-state index in [-0.39, 0.29) is 11.8 Å². The van der Waals surface area contributed by atoms with Gasteiger partial charge in [0, 0.05) is 12.1 Å². The SMILES string of the molecule is C#CCC(C(=O)Nc1ccccc1)c1cccc(C)c1. The highest BCUT2D eigenvalue weighted by molar-refractivity contribution is 5.96. The van der Waals surface area contributed by atoms with Gasteiger partial charge in [0.05, 0.1) is 5.92 Å². The summed E-state index contributed by atoms with van der Waals surface area (Å²) in [4.78, 5) is 12.4. The molecule has 0 saturated heterocycles. The van der Waals surface area contributed by atoms with Crippen LogP contribution in [0.2, 0.25) is 0 Å².